The molecule has 1 aromatic carbocycles. The summed E-state index contributed by atoms with van der Waals surface area (Å²) in [6, 6.07) is 9.04. The summed E-state index contributed by atoms with van der Waals surface area (Å²) in [5, 5.41) is 2.88. The van der Waals surface area contributed by atoms with Crippen LogP contribution in [0.5, 0.6) is 0 Å². The first-order valence-corrected chi connectivity index (χ1v) is 6.59. The number of nitrogens with one attached hydrogen (secondary N) is 1. The van der Waals surface area contributed by atoms with E-state index in [0.717, 1.165) is 23.6 Å². The molecule has 0 saturated heterocycles. The van der Waals surface area contributed by atoms with Gasteiger partial charge in [0, 0.05) is 35.1 Å². The Morgan fingerprint density at radius 2 is 2.25 bits per heavy atom. The van der Waals surface area contributed by atoms with Gasteiger partial charge in [-0.1, -0.05) is 6.07 Å². The van der Waals surface area contributed by atoms with E-state index in [4.69, 9.17) is 5.73 Å². The smallest absolute Gasteiger partial charge is 0.228 e. The Morgan fingerprint density at radius 1 is 1.40 bits per heavy atom. The molecule has 2 aromatic rings. The Labute approximate surface area is 117 Å². The molecule has 1 saturated carbocycles. The molecule has 2 unspecified atom stereocenters. The van der Waals surface area contributed by atoms with Crippen molar-refractivity contribution >= 4 is 17.3 Å². The number of nitrogen functional groups attached to an aromatic ring is 1. The van der Waals surface area contributed by atoms with Crippen molar-refractivity contribution in [2.45, 2.75) is 19.3 Å². The van der Waals surface area contributed by atoms with Gasteiger partial charge < -0.3 is 11.1 Å². The number of nitrogens with two attached hydrogens (primary N) is 1. The Bertz CT molecular complexity index is 656. The minimum absolute atomic E-state index is 0.00528. The van der Waals surface area contributed by atoms with Crippen molar-refractivity contribution in [3.05, 3.63) is 48.0 Å². The van der Waals surface area contributed by atoms with Gasteiger partial charge in [-0.15, -0.1) is 0 Å². The average Bonchev–Trinajstić information content (AvgIpc) is 3.19. The monoisotopic (exact) mass is 268 g/mol. The summed E-state index contributed by atoms with van der Waals surface area (Å²) < 4.78 is 0. The summed E-state index contributed by atoms with van der Waals surface area (Å²) in [7, 11) is 0. The minimum Gasteiger partial charge on any atom is -0.399 e. The number of anilines is 2. The molecule has 5 heteroatoms. The third-order valence-corrected chi connectivity index (χ3v) is 3.43. The molecule has 2 atom stereocenters. The summed E-state index contributed by atoms with van der Waals surface area (Å²) >= 11 is 0. The van der Waals surface area contributed by atoms with Crippen molar-refractivity contribution in [3.63, 3.8) is 0 Å². The van der Waals surface area contributed by atoms with E-state index in [1.54, 1.807) is 18.3 Å². The number of carbonyl (C=O) groups is 1. The van der Waals surface area contributed by atoms with Gasteiger partial charge in [0.25, 0.3) is 0 Å². The van der Waals surface area contributed by atoms with Gasteiger partial charge in [0.2, 0.25) is 5.91 Å². The van der Waals surface area contributed by atoms with Crippen molar-refractivity contribution in [1.29, 1.82) is 0 Å². The van der Waals surface area contributed by atoms with Gasteiger partial charge in [-0.25, -0.2) is 9.97 Å². The largest absolute Gasteiger partial charge is 0.399 e. The summed E-state index contributed by atoms with van der Waals surface area (Å²) in [6.07, 6.45) is 2.54. The fourth-order valence-electron chi connectivity index (χ4n) is 2.27. The van der Waals surface area contributed by atoms with Gasteiger partial charge in [0.05, 0.1) is 0 Å². The lowest BCUT2D eigenvalue weighted by Crippen LogP contribution is -2.15. The van der Waals surface area contributed by atoms with Crippen LogP contribution in [0.15, 0.2) is 36.5 Å². The molecule has 1 amide bonds. The Kier molecular flexibility index (Phi) is 3.10. The van der Waals surface area contributed by atoms with Crippen molar-refractivity contribution in [2.75, 3.05) is 11.1 Å². The molecule has 1 aromatic heterocycles. The number of nitrogens with zero attached hydrogens (tertiary/aromatic N) is 2. The second-order valence-corrected chi connectivity index (χ2v) is 5.12. The summed E-state index contributed by atoms with van der Waals surface area (Å²) in [5.41, 5.74) is 7.98. The predicted octanol–water partition coefficient (Wildman–Crippen LogP) is 2.11. The van der Waals surface area contributed by atoms with Crippen molar-refractivity contribution < 1.29 is 4.79 Å². The highest BCUT2D eigenvalue weighted by atomic mass is 16.2. The Hall–Kier alpha value is -2.43. The van der Waals surface area contributed by atoms with Gasteiger partial charge in [-0.2, -0.15) is 0 Å². The third kappa shape index (κ3) is 2.61. The van der Waals surface area contributed by atoms with Crippen molar-refractivity contribution in [2.24, 2.45) is 5.92 Å². The second-order valence-electron chi connectivity index (χ2n) is 5.12. The van der Waals surface area contributed by atoms with Crippen LogP contribution >= 0.6 is 0 Å². The molecule has 20 heavy (non-hydrogen) atoms. The fourth-order valence-corrected chi connectivity index (χ4v) is 2.27. The summed E-state index contributed by atoms with van der Waals surface area (Å²) in [5.74, 6) is 0.859. The van der Waals surface area contributed by atoms with Crippen LogP contribution in [0.25, 0.3) is 0 Å². The number of aryl methyl sites for hydroxylation is 1. The van der Waals surface area contributed by atoms with Gasteiger partial charge in [0.15, 0.2) is 0 Å². The molecule has 0 spiro atoms. The molecule has 0 aliphatic heterocycles. The molecule has 3 N–H and O–H groups in total. The van der Waals surface area contributed by atoms with Crippen LogP contribution in [0, 0.1) is 12.8 Å². The molecule has 1 heterocycles. The van der Waals surface area contributed by atoms with E-state index >= 15 is 0 Å². The normalized spacial score (nSPS) is 20.4. The SMILES string of the molecule is Cc1ccnc(C2CC2C(=O)Nc2cccc(N)c2)n1. The van der Waals surface area contributed by atoms with Gasteiger partial charge in [0.1, 0.15) is 5.82 Å². The van der Waals surface area contributed by atoms with E-state index in [2.05, 4.69) is 15.3 Å². The molecule has 3 rings (SSSR count). The first-order valence-electron chi connectivity index (χ1n) is 6.59. The van der Waals surface area contributed by atoms with E-state index in [0.29, 0.717) is 5.69 Å². The lowest BCUT2D eigenvalue weighted by atomic mass is 10.2. The van der Waals surface area contributed by atoms with E-state index in [1.807, 2.05) is 25.1 Å². The highest BCUT2D eigenvalue weighted by molar-refractivity contribution is 5.95. The predicted molar refractivity (Wildman–Crippen MR) is 77.1 cm³/mol. The molecule has 5 nitrogen and oxygen atoms in total. The number of hydrogen-bond acceptors (Lipinski definition) is 4. The maximum Gasteiger partial charge on any atom is 0.228 e. The molecule has 1 fully saturated rings. The van der Waals surface area contributed by atoms with E-state index in [9.17, 15) is 4.79 Å². The number of amides is 1. The summed E-state index contributed by atoms with van der Waals surface area (Å²) in [4.78, 5) is 20.8. The molecule has 0 radical (unpaired) electrons. The molecule has 1 aliphatic rings. The molecule has 1 aliphatic carbocycles. The van der Waals surface area contributed by atoms with Crippen LogP contribution < -0.4 is 11.1 Å². The lowest BCUT2D eigenvalue weighted by molar-refractivity contribution is -0.117. The van der Waals surface area contributed by atoms with Crippen LogP contribution in [-0.2, 0) is 4.79 Å². The zero-order valence-corrected chi connectivity index (χ0v) is 11.2. The Balaban J connectivity index is 1.66. The quantitative estimate of drug-likeness (QED) is 0.835. The first kappa shape index (κ1) is 12.6. The molecule has 102 valence electrons. The van der Waals surface area contributed by atoms with Crippen LogP contribution in [-0.4, -0.2) is 15.9 Å². The number of aromatic nitrogens is 2. The maximum absolute atomic E-state index is 12.1. The number of hydrogen-bond donors (Lipinski definition) is 2. The average molecular weight is 268 g/mol. The highest BCUT2D eigenvalue weighted by Crippen LogP contribution is 2.46. The molecule has 0 bridgehead atoms. The summed E-state index contributed by atoms with van der Waals surface area (Å²) in [6.45, 7) is 1.93. The highest BCUT2D eigenvalue weighted by Gasteiger charge is 2.46. The molecular weight excluding hydrogens is 252 g/mol. The zero-order valence-electron chi connectivity index (χ0n) is 11.2. The fraction of sp³-hybridized carbons (Fsp3) is 0.267. The number of benzene rings is 1. The van der Waals surface area contributed by atoms with Gasteiger partial charge >= 0.3 is 0 Å². The van der Waals surface area contributed by atoms with Crippen LogP contribution in [0.1, 0.15) is 23.9 Å². The van der Waals surface area contributed by atoms with Crippen LogP contribution in [0.2, 0.25) is 0 Å². The Morgan fingerprint density at radius 3 is 3.00 bits per heavy atom. The lowest BCUT2D eigenvalue weighted by Gasteiger charge is -2.05. The van der Waals surface area contributed by atoms with E-state index in [1.165, 1.54) is 0 Å². The number of rotatable bonds is 3. The second kappa shape index (κ2) is 4.92. The van der Waals surface area contributed by atoms with Gasteiger partial charge in [-0.05, 0) is 37.6 Å². The van der Waals surface area contributed by atoms with Crippen molar-refractivity contribution in [1.82, 2.24) is 9.97 Å². The molecular formula is C15H16N4O. The topological polar surface area (TPSA) is 80.9 Å². The first-order chi connectivity index (χ1) is 9.63. The third-order valence-electron chi connectivity index (χ3n) is 3.43. The van der Waals surface area contributed by atoms with Crippen molar-refractivity contribution in [3.8, 4) is 0 Å². The zero-order chi connectivity index (χ0) is 14.1. The van der Waals surface area contributed by atoms with Gasteiger partial charge in [-0.3, -0.25) is 4.79 Å². The van der Waals surface area contributed by atoms with Crippen LogP contribution in [0.3, 0.4) is 0 Å². The number of carbonyl (C=O) groups excluding carboxylic acids is 1. The standard InChI is InChI=1S/C15H16N4O/c1-9-5-6-17-14(18-9)12-8-13(12)15(20)19-11-4-2-3-10(16)7-11/h2-7,12-13H,8,16H2,1H3,(H,19,20). The van der Waals surface area contributed by atoms with Crippen LogP contribution in [0.4, 0.5) is 11.4 Å². The van der Waals surface area contributed by atoms with E-state index < -0.39 is 0 Å². The van der Waals surface area contributed by atoms with E-state index in [-0.39, 0.29) is 17.7 Å². The minimum atomic E-state index is -0.0433. The maximum atomic E-state index is 12.1.